The number of rotatable bonds is 8. The maximum atomic E-state index is 5.28. The number of ether oxygens (including phenoxy) is 1. The molecule has 1 N–H and O–H groups in total. The molecular formula is C14H23NO. The molecule has 0 saturated carbocycles. The summed E-state index contributed by atoms with van der Waals surface area (Å²) in [6, 6.07) is 11.2. The van der Waals surface area contributed by atoms with E-state index in [1.165, 1.54) is 12.0 Å². The Morgan fingerprint density at radius 2 is 2.00 bits per heavy atom. The zero-order chi connectivity index (χ0) is 11.6. The SMILES string of the molecule is CCOCCNC(C)CCc1ccccc1. The van der Waals surface area contributed by atoms with E-state index in [9.17, 15) is 0 Å². The summed E-state index contributed by atoms with van der Waals surface area (Å²) >= 11 is 0. The molecule has 0 fully saturated rings. The van der Waals surface area contributed by atoms with Gasteiger partial charge in [0, 0.05) is 19.2 Å². The molecule has 1 aromatic carbocycles. The lowest BCUT2D eigenvalue weighted by atomic mass is 10.1. The summed E-state index contributed by atoms with van der Waals surface area (Å²) in [5.74, 6) is 0. The number of nitrogens with one attached hydrogen (secondary N) is 1. The topological polar surface area (TPSA) is 21.3 Å². The fourth-order valence-corrected chi connectivity index (χ4v) is 1.65. The number of hydrogen-bond acceptors (Lipinski definition) is 2. The molecule has 2 nitrogen and oxygen atoms in total. The van der Waals surface area contributed by atoms with Gasteiger partial charge >= 0.3 is 0 Å². The van der Waals surface area contributed by atoms with Crippen molar-refractivity contribution in [3.05, 3.63) is 35.9 Å². The molecule has 1 aromatic rings. The average molecular weight is 221 g/mol. The van der Waals surface area contributed by atoms with Crippen LogP contribution in [0, 0.1) is 0 Å². The highest BCUT2D eigenvalue weighted by molar-refractivity contribution is 5.14. The molecule has 0 spiro atoms. The highest BCUT2D eigenvalue weighted by Gasteiger charge is 2.01. The predicted octanol–water partition coefficient (Wildman–Crippen LogP) is 2.63. The third-order valence-corrected chi connectivity index (χ3v) is 2.65. The van der Waals surface area contributed by atoms with Gasteiger partial charge in [-0.05, 0) is 32.3 Å². The Bertz CT molecular complexity index is 261. The fourth-order valence-electron chi connectivity index (χ4n) is 1.65. The maximum Gasteiger partial charge on any atom is 0.0590 e. The van der Waals surface area contributed by atoms with E-state index in [-0.39, 0.29) is 0 Å². The van der Waals surface area contributed by atoms with Crippen LogP contribution in [0.25, 0.3) is 0 Å². The molecule has 0 saturated heterocycles. The Hall–Kier alpha value is -0.860. The molecule has 0 heterocycles. The first-order chi connectivity index (χ1) is 7.83. The van der Waals surface area contributed by atoms with Crippen LogP contribution in [-0.2, 0) is 11.2 Å². The fraction of sp³-hybridized carbons (Fsp3) is 0.571. The van der Waals surface area contributed by atoms with Crippen molar-refractivity contribution in [2.45, 2.75) is 32.7 Å². The van der Waals surface area contributed by atoms with E-state index in [4.69, 9.17) is 4.74 Å². The Labute approximate surface area is 99.0 Å². The lowest BCUT2D eigenvalue weighted by Crippen LogP contribution is -2.29. The van der Waals surface area contributed by atoms with Crippen LogP contribution < -0.4 is 5.32 Å². The molecule has 0 aliphatic rings. The number of aryl methyl sites for hydroxylation is 1. The predicted molar refractivity (Wildman–Crippen MR) is 68.7 cm³/mol. The molecule has 0 aliphatic heterocycles. The molecule has 90 valence electrons. The van der Waals surface area contributed by atoms with Crippen LogP contribution in [-0.4, -0.2) is 25.8 Å². The van der Waals surface area contributed by atoms with E-state index < -0.39 is 0 Å². The van der Waals surface area contributed by atoms with Gasteiger partial charge in [0.25, 0.3) is 0 Å². The molecule has 1 unspecified atom stereocenters. The summed E-state index contributed by atoms with van der Waals surface area (Å²) in [6.07, 6.45) is 2.32. The molecule has 1 rings (SSSR count). The summed E-state index contributed by atoms with van der Waals surface area (Å²) in [6.45, 7) is 6.82. The van der Waals surface area contributed by atoms with Crippen molar-refractivity contribution in [3.8, 4) is 0 Å². The standard InChI is InChI=1S/C14H23NO/c1-3-16-12-11-15-13(2)9-10-14-7-5-4-6-8-14/h4-8,13,15H,3,9-12H2,1-2H3. The van der Waals surface area contributed by atoms with Crippen molar-refractivity contribution in [3.63, 3.8) is 0 Å². The van der Waals surface area contributed by atoms with Gasteiger partial charge in [-0.3, -0.25) is 0 Å². The summed E-state index contributed by atoms with van der Waals surface area (Å²) in [5.41, 5.74) is 1.42. The second-order valence-corrected chi connectivity index (χ2v) is 4.08. The molecule has 16 heavy (non-hydrogen) atoms. The van der Waals surface area contributed by atoms with E-state index in [0.717, 1.165) is 26.2 Å². The molecular weight excluding hydrogens is 198 g/mol. The van der Waals surface area contributed by atoms with E-state index in [1.54, 1.807) is 0 Å². The number of hydrogen-bond donors (Lipinski definition) is 1. The van der Waals surface area contributed by atoms with Crippen LogP contribution in [0.5, 0.6) is 0 Å². The maximum absolute atomic E-state index is 5.28. The van der Waals surface area contributed by atoms with Crippen molar-refractivity contribution in [1.82, 2.24) is 5.32 Å². The van der Waals surface area contributed by atoms with Crippen LogP contribution in [0.1, 0.15) is 25.8 Å². The Kier molecular flexibility index (Phi) is 6.86. The highest BCUT2D eigenvalue weighted by atomic mass is 16.5. The van der Waals surface area contributed by atoms with Gasteiger partial charge in [-0.15, -0.1) is 0 Å². The van der Waals surface area contributed by atoms with Crippen molar-refractivity contribution in [2.75, 3.05) is 19.8 Å². The summed E-state index contributed by atoms with van der Waals surface area (Å²) in [7, 11) is 0. The summed E-state index contributed by atoms with van der Waals surface area (Å²) < 4.78 is 5.28. The van der Waals surface area contributed by atoms with Crippen molar-refractivity contribution in [1.29, 1.82) is 0 Å². The van der Waals surface area contributed by atoms with Crippen LogP contribution in [0.2, 0.25) is 0 Å². The summed E-state index contributed by atoms with van der Waals surface area (Å²) in [5, 5.41) is 3.46. The lowest BCUT2D eigenvalue weighted by Gasteiger charge is -2.13. The third-order valence-electron chi connectivity index (χ3n) is 2.65. The first-order valence-corrected chi connectivity index (χ1v) is 6.18. The Balaban J connectivity index is 2.08. The number of benzene rings is 1. The van der Waals surface area contributed by atoms with Crippen LogP contribution >= 0.6 is 0 Å². The minimum Gasteiger partial charge on any atom is -0.380 e. The van der Waals surface area contributed by atoms with Gasteiger partial charge in [-0.25, -0.2) is 0 Å². The first kappa shape index (κ1) is 13.2. The Morgan fingerprint density at radius 1 is 1.25 bits per heavy atom. The van der Waals surface area contributed by atoms with E-state index >= 15 is 0 Å². The smallest absolute Gasteiger partial charge is 0.0590 e. The second kappa shape index (κ2) is 8.31. The van der Waals surface area contributed by atoms with Crippen molar-refractivity contribution in [2.24, 2.45) is 0 Å². The lowest BCUT2D eigenvalue weighted by molar-refractivity contribution is 0.147. The molecule has 1 atom stereocenters. The van der Waals surface area contributed by atoms with Gasteiger partial charge < -0.3 is 10.1 Å². The minimum atomic E-state index is 0.556. The van der Waals surface area contributed by atoms with Crippen LogP contribution in [0.15, 0.2) is 30.3 Å². The Morgan fingerprint density at radius 3 is 2.69 bits per heavy atom. The normalized spacial score (nSPS) is 12.6. The van der Waals surface area contributed by atoms with Gasteiger partial charge in [0.2, 0.25) is 0 Å². The summed E-state index contributed by atoms with van der Waals surface area (Å²) in [4.78, 5) is 0. The molecule has 2 heteroatoms. The zero-order valence-electron chi connectivity index (χ0n) is 10.4. The molecule has 0 aliphatic carbocycles. The van der Waals surface area contributed by atoms with Crippen molar-refractivity contribution < 1.29 is 4.74 Å². The minimum absolute atomic E-state index is 0.556. The molecule has 0 amide bonds. The van der Waals surface area contributed by atoms with Gasteiger partial charge in [-0.2, -0.15) is 0 Å². The second-order valence-electron chi connectivity index (χ2n) is 4.08. The zero-order valence-corrected chi connectivity index (χ0v) is 10.4. The van der Waals surface area contributed by atoms with Crippen LogP contribution in [0.3, 0.4) is 0 Å². The monoisotopic (exact) mass is 221 g/mol. The molecule has 0 bridgehead atoms. The third kappa shape index (κ3) is 5.89. The highest BCUT2D eigenvalue weighted by Crippen LogP contribution is 2.04. The largest absolute Gasteiger partial charge is 0.380 e. The van der Waals surface area contributed by atoms with Gasteiger partial charge in [0.15, 0.2) is 0 Å². The van der Waals surface area contributed by atoms with Gasteiger partial charge in [0.05, 0.1) is 6.61 Å². The van der Waals surface area contributed by atoms with Crippen molar-refractivity contribution >= 4 is 0 Å². The average Bonchev–Trinajstić information content (AvgIpc) is 2.33. The van der Waals surface area contributed by atoms with Gasteiger partial charge in [0.1, 0.15) is 0 Å². The molecule has 0 aromatic heterocycles. The van der Waals surface area contributed by atoms with Crippen LogP contribution in [0.4, 0.5) is 0 Å². The molecule has 0 radical (unpaired) electrons. The van der Waals surface area contributed by atoms with Gasteiger partial charge in [-0.1, -0.05) is 30.3 Å². The van der Waals surface area contributed by atoms with E-state index in [2.05, 4.69) is 42.6 Å². The first-order valence-electron chi connectivity index (χ1n) is 6.18. The van der Waals surface area contributed by atoms with E-state index in [0.29, 0.717) is 6.04 Å². The quantitative estimate of drug-likeness (QED) is 0.681. The van der Waals surface area contributed by atoms with E-state index in [1.807, 2.05) is 6.92 Å².